The van der Waals surface area contributed by atoms with E-state index in [1.807, 2.05) is 21.1 Å². The lowest BCUT2D eigenvalue weighted by Gasteiger charge is -2.26. The number of carbonyl (C=O) groups is 1. The number of quaternary nitrogens is 1. The van der Waals surface area contributed by atoms with Crippen LogP contribution in [0.15, 0.2) is 12.2 Å². The molecular weight excluding hydrogens is 386 g/mol. The fourth-order valence-corrected chi connectivity index (χ4v) is 3.29. The van der Waals surface area contributed by atoms with Gasteiger partial charge in [-0.05, 0) is 32.1 Å². The van der Waals surface area contributed by atoms with Gasteiger partial charge in [-0.25, -0.2) is 0 Å². The molecule has 0 aromatic carbocycles. The molecule has 1 atom stereocenters. The summed E-state index contributed by atoms with van der Waals surface area (Å²) in [7, 11) is 6.03. The zero-order valence-electron chi connectivity index (χ0n) is 19.6. The molecule has 0 radical (unpaired) electrons. The summed E-state index contributed by atoms with van der Waals surface area (Å²) in [6.07, 6.45) is 20.8. The van der Waals surface area contributed by atoms with Gasteiger partial charge in [0.1, 0.15) is 19.3 Å². The van der Waals surface area contributed by atoms with E-state index in [0.29, 0.717) is 17.4 Å². The maximum absolute atomic E-state index is 11.7. The third-order valence-corrected chi connectivity index (χ3v) is 4.84. The van der Waals surface area contributed by atoms with E-state index < -0.39 is 6.10 Å². The molecule has 0 aliphatic rings. The van der Waals surface area contributed by atoms with Crippen molar-refractivity contribution in [3.8, 4) is 0 Å². The molecule has 29 heavy (non-hydrogen) atoms. The van der Waals surface area contributed by atoms with E-state index in [-0.39, 0.29) is 25.0 Å². The molecule has 0 rings (SSSR count). The number of ether oxygens (including phenoxy) is 1. The molecule has 4 nitrogen and oxygen atoms in total. The van der Waals surface area contributed by atoms with Crippen LogP contribution in [0.1, 0.15) is 96.8 Å². The van der Waals surface area contributed by atoms with Gasteiger partial charge in [-0.3, -0.25) is 4.79 Å². The van der Waals surface area contributed by atoms with Crippen molar-refractivity contribution >= 4 is 5.97 Å². The number of rotatable bonds is 19. The van der Waals surface area contributed by atoms with Crippen molar-refractivity contribution in [2.24, 2.45) is 0 Å². The normalized spacial score (nSPS) is 12.7. The number of carbonyl (C=O) groups excluding carboxylic acids is 1. The van der Waals surface area contributed by atoms with Gasteiger partial charge in [0.25, 0.3) is 0 Å². The van der Waals surface area contributed by atoms with Crippen molar-refractivity contribution in [1.29, 1.82) is 0 Å². The van der Waals surface area contributed by atoms with Gasteiger partial charge in [0.05, 0.1) is 21.1 Å². The van der Waals surface area contributed by atoms with Gasteiger partial charge in [0.2, 0.25) is 0 Å². The molecule has 0 saturated heterocycles. The molecule has 0 bridgehead atoms. The zero-order chi connectivity index (χ0) is 21.1. The largest absolute Gasteiger partial charge is 1.00 e. The highest BCUT2D eigenvalue weighted by atomic mass is 35.5. The van der Waals surface area contributed by atoms with Gasteiger partial charge in [-0.15, -0.1) is 0 Å². The van der Waals surface area contributed by atoms with E-state index in [4.69, 9.17) is 4.74 Å². The van der Waals surface area contributed by atoms with Crippen molar-refractivity contribution in [3.05, 3.63) is 12.2 Å². The average molecular weight is 434 g/mol. The SMILES string of the molecule is CCCCCCCCC=CCCCCCCCC(=O)OCC(O)C[N+](C)(C)C.[Cl-]. The Balaban J connectivity index is 0. The minimum absolute atomic E-state index is 0. The minimum atomic E-state index is -0.585. The highest BCUT2D eigenvalue weighted by Crippen LogP contribution is 2.10. The Labute approximate surface area is 187 Å². The van der Waals surface area contributed by atoms with Crippen molar-refractivity contribution in [2.45, 2.75) is 103 Å². The molecule has 5 heteroatoms. The van der Waals surface area contributed by atoms with Crippen LogP contribution in [0.25, 0.3) is 0 Å². The second-order valence-electron chi connectivity index (χ2n) is 9.14. The molecule has 0 heterocycles. The van der Waals surface area contributed by atoms with Crippen molar-refractivity contribution in [1.82, 2.24) is 0 Å². The quantitative estimate of drug-likeness (QED) is 0.147. The standard InChI is InChI=1S/C24H48NO3.ClH/c1-5-6-7-8-9-10-11-12-13-14-15-16-17-18-19-20-24(27)28-22-23(26)21-25(2,3)4;/h12-13,23,26H,5-11,14-22H2,1-4H3;1H/q+1;/p-1. The van der Waals surface area contributed by atoms with Crippen LogP contribution in [0.4, 0.5) is 0 Å². The molecule has 0 fully saturated rings. The van der Waals surface area contributed by atoms with E-state index >= 15 is 0 Å². The molecule has 1 unspecified atom stereocenters. The first-order valence-corrected chi connectivity index (χ1v) is 11.6. The fourth-order valence-electron chi connectivity index (χ4n) is 3.29. The monoisotopic (exact) mass is 433 g/mol. The molecule has 1 N–H and O–H groups in total. The van der Waals surface area contributed by atoms with Crippen LogP contribution < -0.4 is 12.4 Å². The van der Waals surface area contributed by atoms with E-state index in [1.54, 1.807) is 0 Å². The number of nitrogens with zero attached hydrogens (tertiary/aromatic N) is 1. The fraction of sp³-hybridized carbons (Fsp3) is 0.875. The number of hydrogen-bond donors (Lipinski definition) is 1. The van der Waals surface area contributed by atoms with Crippen LogP contribution in [0, 0.1) is 0 Å². The van der Waals surface area contributed by atoms with Gasteiger partial charge in [0.15, 0.2) is 0 Å². The first-order valence-electron chi connectivity index (χ1n) is 11.6. The number of esters is 1. The third kappa shape index (κ3) is 25.4. The van der Waals surface area contributed by atoms with Gasteiger partial charge in [-0.2, -0.15) is 0 Å². The van der Waals surface area contributed by atoms with Crippen LogP contribution in [0.2, 0.25) is 0 Å². The van der Waals surface area contributed by atoms with Crippen LogP contribution in [-0.2, 0) is 9.53 Å². The summed E-state index contributed by atoms with van der Waals surface area (Å²) in [6, 6.07) is 0. The van der Waals surface area contributed by atoms with Crippen LogP contribution in [-0.4, -0.2) is 56.0 Å². The smallest absolute Gasteiger partial charge is 0.305 e. The number of unbranched alkanes of at least 4 members (excludes halogenated alkanes) is 11. The summed E-state index contributed by atoms with van der Waals surface area (Å²) >= 11 is 0. The highest BCUT2D eigenvalue weighted by Gasteiger charge is 2.17. The van der Waals surface area contributed by atoms with Gasteiger partial charge >= 0.3 is 5.97 Å². The second kappa shape index (κ2) is 20.7. The summed E-state index contributed by atoms with van der Waals surface area (Å²) in [6.45, 7) is 2.96. The van der Waals surface area contributed by atoms with Crippen molar-refractivity contribution in [3.63, 3.8) is 0 Å². The first-order chi connectivity index (χ1) is 13.3. The predicted octanol–water partition coefficient (Wildman–Crippen LogP) is 2.64. The molecule has 0 aliphatic carbocycles. The van der Waals surface area contributed by atoms with Crippen molar-refractivity contribution < 1.29 is 31.5 Å². The average Bonchev–Trinajstić information content (AvgIpc) is 2.62. The molecule has 0 aromatic heterocycles. The number of hydrogen-bond acceptors (Lipinski definition) is 3. The van der Waals surface area contributed by atoms with Gasteiger partial charge in [0, 0.05) is 6.42 Å². The maximum Gasteiger partial charge on any atom is 0.305 e. The van der Waals surface area contributed by atoms with E-state index in [2.05, 4.69) is 19.1 Å². The van der Waals surface area contributed by atoms with E-state index in [1.165, 1.54) is 70.6 Å². The number of aliphatic hydroxyl groups is 1. The summed E-state index contributed by atoms with van der Waals surface area (Å²) in [5, 5.41) is 9.84. The van der Waals surface area contributed by atoms with Gasteiger partial charge < -0.3 is 26.7 Å². The number of aliphatic hydroxyl groups excluding tert-OH is 1. The summed E-state index contributed by atoms with van der Waals surface area (Å²) in [5.41, 5.74) is 0. The predicted molar refractivity (Wildman–Crippen MR) is 119 cm³/mol. The Kier molecular flexibility index (Phi) is 21.8. The van der Waals surface area contributed by atoms with Crippen LogP contribution in [0.5, 0.6) is 0 Å². The van der Waals surface area contributed by atoms with Crippen LogP contribution in [0.3, 0.4) is 0 Å². The Morgan fingerprint density at radius 2 is 1.34 bits per heavy atom. The topological polar surface area (TPSA) is 46.5 Å². The lowest BCUT2D eigenvalue weighted by atomic mass is 10.1. The number of likely N-dealkylation sites (N-methyl/N-ethyl adjacent to an activating group) is 1. The lowest BCUT2D eigenvalue weighted by Crippen LogP contribution is -3.00. The zero-order valence-corrected chi connectivity index (χ0v) is 20.4. The van der Waals surface area contributed by atoms with Gasteiger partial charge in [-0.1, -0.05) is 70.4 Å². The Morgan fingerprint density at radius 3 is 1.86 bits per heavy atom. The van der Waals surface area contributed by atoms with E-state index in [0.717, 1.165) is 12.8 Å². The Morgan fingerprint density at radius 1 is 0.862 bits per heavy atom. The summed E-state index contributed by atoms with van der Waals surface area (Å²) in [4.78, 5) is 11.7. The molecule has 0 aromatic rings. The molecule has 174 valence electrons. The number of halogens is 1. The summed E-state index contributed by atoms with van der Waals surface area (Å²) in [5.74, 6) is -0.182. The van der Waals surface area contributed by atoms with E-state index in [9.17, 15) is 9.90 Å². The Hall–Kier alpha value is -0.580. The van der Waals surface area contributed by atoms with Crippen molar-refractivity contribution in [2.75, 3.05) is 34.3 Å². The maximum atomic E-state index is 11.7. The summed E-state index contributed by atoms with van der Waals surface area (Å²) < 4.78 is 5.82. The third-order valence-electron chi connectivity index (χ3n) is 4.84. The minimum Gasteiger partial charge on any atom is -1.00 e. The van der Waals surface area contributed by atoms with Crippen LogP contribution >= 0.6 is 0 Å². The first kappa shape index (κ1) is 30.6. The molecule has 0 aliphatic heterocycles. The molecule has 0 spiro atoms. The molecule has 0 saturated carbocycles. The number of allylic oxidation sites excluding steroid dienone is 2. The molecular formula is C24H48ClNO3. The Bertz CT molecular complexity index is 394. The molecule has 0 amide bonds. The second-order valence-corrected chi connectivity index (χ2v) is 9.14. The highest BCUT2D eigenvalue weighted by molar-refractivity contribution is 5.69. The lowest BCUT2D eigenvalue weighted by molar-refractivity contribution is -0.873.